The number of alkyl halides is 1. The Bertz CT molecular complexity index is 639. The molecule has 1 N–H and O–H groups in total. The summed E-state index contributed by atoms with van der Waals surface area (Å²) in [7, 11) is 0. The first-order chi connectivity index (χ1) is 10.0. The van der Waals surface area contributed by atoms with Crippen molar-refractivity contribution in [1.29, 1.82) is 0 Å². The van der Waals surface area contributed by atoms with Crippen LogP contribution in [0.5, 0.6) is 0 Å². The highest BCUT2D eigenvalue weighted by molar-refractivity contribution is 9.10. The van der Waals surface area contributed by atoms with Gasteiger partial charge in [0.25, 0.3) is 0 Å². The first-order valence-corrected chi connectivity index (χ1v) is 8.34. The Hall–Kier alpha value is -1.07. The number of carbonyl (C=O) groups excluding carboxylic acids is 1. The van der Waals surface area contributed by atoms with Gasteiger partial charge in [-0.1, -0.05) is 15.9 Å². The van der Waals surface area contributed by atoms with E-state index < -0.39 is 0 Å². The molecule has 1 aromatic carbocycles. The second kappa shape index (κ2) is 7.27. The van der Waals surface area contributed by atoms with E-state index in [1.54, 1.807) is 0 Å². The van der Waals surface area contributed by atoms with Crippen LogP contribution in [-0.4, -0.2) is 27.4 Å². The van der Waals surface area contributed by atoms with Gasteiger partial charge in [-0.25, -0.2) is 4.98 Å². The summed E-state index contributed by atoms with van der Waals surface area (Å²) >= 11 is 9.34. The quantitative estimate of drug-likeness (QED) is 0.789. The van der Waals surface area contributed by atoms with Gasteiger partial charge in [0, 0.05) is 35.8 Å². The zero-order chi connectivity index (χ0) is 15.4. The van der Waals surface area contributed by atoms with Crippen molar-refractivity contribution < 1.29 is 4.79 Å². The van der Waals surface area contributed by atoms with Crippen molar-refractivity contribution in [3.8, 4) is 0 Å². The number of amides is 1. The maximum atomic E-state index is 11.8. The molecule has 114 valence electrons. The largest absolute Gasteiger partial charge is 0.354 e. The number of hydrogen-bond acceptors (Lipinski definition) is 2. The number of hydrogen-bond donors (Lipinski definition) is 1. The number of rotatable bonds is 6. The minimum Gasteiger partial charge on any atom is -0.354 e. The van der Waals surface area contributed by atoms with Gasteiger partial charge in [0.05, 0.1) is 11.0 Å². The predicted molar refractivity (Wildman–Crippen MR) is 89.8 cm³/mol. The number of halogens is 2. The molecule has 0 saturated heterocycles. The van der Waals surface area contributed by atoms with Crippen LogP contribution in [0.1, 0.15) is 26.1 Å². The molecule has 0 aliphatic heterocycles. The van der Waals surface area contributed by atoms with E-state index in [1.165, 1.54) is 0 Å². The standard InChI is InChI=1S/C15H19BrClN3O/c1-10(2)18-15(21)6-8-20-13-9-11(16)3-4-12(13)19-14(20)5-7-17/h3-4,9-10H,5-8H2,1-2H3,(H,18,21). The number of imidazole rings is 1. The molecule has 2 rings (SSSR count). The van der Waals surface area contributed by atoms with Gasteiger partial charge in [-0.2, -0.15) is 0 Å². The highest BCUT2D eigenvalue weighted by Crippen LogP contribution is 2.22. The van der Waals surface area contributed by atoms with Crippen molar-refractivity contribution >= 4 is 44.5 Å². The molecule has 0 aliphatic rings. The number of carbonyl (C=O) groups is 1. The molecule has 6 heteroatoms. The third-order valence-electron chi connectivity index (χ3n) is 3.12. The number of nitrogens with zero attached hydrogens (tertiary/aromatic N) is 2. The van der Waals surface area contributed by atoms with Crippen molar-refractivity contribution in [3.63, 3.8) is 0 Å². The van der Waals surface area contributed by atoms with Gasteiger partial charge in [-0.05, 0) is 32.0 Å². The molecule has 4 nitrogen and oxygen atoms in total. The number of nitrogens with one attached hydrogen (secondary N) is 1. The Kier molecular flexibility index (Phi) is 5.65. The molecular weight excluding hydrogens is 354 g/mol. The fourth-order valence-corrected chi connectivity index (χ4v) is 2.80. The van der Waals surface area contributed by atoms with Crippen LogP contribution in [0, 0.1) is 0 Å². The maximum Gasteiger partial charge on any atom is 0.221 e. The van der Waals surface area contributed by atoms with Crippen molar-refractivity contribution in [2.75, 3.05) is 5.88 Å². The minimum absolute atomic E-state index is 0.0543. The van der Waals surface area contributed by atoms with Gasteiger partial charge in [-0.3, -0.25) is 4.79 Å². The van der Waals surface area contributed by atoms with E-state index in [0.717, 1.165) is 21.3 Å². The lowest BCUT2D eigenvalue weighted by Gasteiger charge is -2.11. The molecule has 0 aliphatic carbocycles. The summed E-state index contributed by atoms with van der Waals surface area (Å²) in [6.45, 7) is 4.53. The maximum absolute atomic E-state index is 11.8. The van der Waals surface area contributed by atoms with Gasteiger partial charge in [-0.15, -0.1) is 11.6 Å². The fourth-order valence-electron chi connectivity index (χ4n) is 2.28. The van der Waals surface area contributed by atoms with Crippen LogP contribution < -0.4 is 5.32 Å². The van der Waals surface area contributed by atoms with Crippen LogP contribution in [0.2, 0.25) is 0 Å². The predicted octanol–water partition coefficient (Wildman–Crippen LogP) is 3.49. The average Bonchev–Trinajstić information content (AvgIpc) is 2.73. The Balaban J connectivity index is 2.25. The summed E-state index contributed by atoms with van der Waals surface area (Å²) in [5.74, 6) is 1.50. The second-order valence-corrected chi connectivity index (χ2v) is 6.52. The molecule has 0 saturated carbocycles. The molecule has 21 heavy (non-hydrogen) atoms. The molecule has 0 spiro atoms. The molecule has 0 unspecified atom stereocenters. The van der Waals surface area contributed by atoms with E-state index in [1.807, 2.05) is 32.0 Å². The molecule has 0 atom stereocenters. The smallest absolute Gasteiger partial charge is 0.221 e. The van der Waals surface area contributed by atoms with Crippen molar-refractivity contribution in [2.24, 2.45) is 0 Å². The molecule has 1 aromatic heterocycles. The van der Waals surface area contributed by atoms with Crippen molar-refractivity contribution in [1.82, 2.24) is 14.9 Å². The SMILES string of the molecule is CC(C)NC(=O)CCn1c(CCCl)nc2ccc(Br)cc21. The highest BCUT2D eigenvalue weighted by atomic mass is 79.9. The summed E-state index contributed by atoms with van der Waals surface area (Å²) in [4.78, 5) is 16.4. The number of aromatic nitrogens is 2. The van der Waals surface area contributed by atoms with Crippen molar-refractivity contribution in [3.05, 3.63) is 28.5 Å². The monoisotopic (exact) mass is 371 g/mol. The van der Waals surface area contributed by atoms with E-state index in [9.17, 15) is 4.79 Å². The Morgan fingerprint density at radius 1 is 1.48 bits per heavy atom. The Morgan fingerprint density at radius 3 is 2.90 bits per heavy atom. The molecule has 2 aromatic rings. The topological polar surface area (TPSA) is 46.9 Å². The number of aryl methyl sites for hydroxylation is 2. The summed E-state index contributed by atoms with van der Waals surface area (Å²) in [5.41, 5.74) is 1.96. The average molecular weight is 373 g/mol. The normalized spacial score (nSPS) is 11.3. The zero-order valence-corrected chi connectivity index (χ0v) is 14.5. The molecular formula is C15H19BrClN3O. The van der Waals surface area contributed by atoms with Gasteiger partial charge < -0.3 is 9.88 Å². The lowest BCUT2D eigenvalue weighted by Crippen LogP contribution is -2.30. The van der Waals surface area contributed by atoms with Crippen LogP contribution in [0.4, 0.5) is 0 Å². The van der Waals surface area contributed by atoms with Crippen LogP contribution >= 0.6 is 27.5 Å². The summed E-state index contributed by atoms with van der Waals surface area (Å²) < 4.78 is 3.09. The van der Waals surface area contributed by atoms with E-state index >= 15 is 0 Å². The van der Waals surface area contributed by atoms with Crippen LogP contribution in [0.25, 0.3) is 11.0 Å². The first-order valence-electron chi connectivity index (χ1n) is 7.01. The van der Waals surface area contributed by atoms with Crippen LogP contribution in [0.15, 0.2) is 22.7 Å². The van der Waals surface area contributed by atoms with Gasteiger partial charge in [0.2, 0.25) is 5.91 Å². The summed E-state index contributed by atoms with van der Waals surface area (Å²) in [6, 6.07) is 6.13. The molecule has 0 fully saturated rings. The van der Waals surface area contributed by atoms with Gasteiger partial charge in [0.15, 0.2) is 0 Å². The summed E-state index contributed by atoms with van der Waals surface area (Å²) in [5, 5.41) is 2.91. The minimum atomic E-state index is 0.0543. The zero-order valence-electron chi connectivity index (χ0n) is 12.2. The molecule has 1 heterocycles. The van der Waals surface area contributed by atoms with Crippen molar-refractivity contribution in [2.45, 2.75) is 39.3 Å². The molecule has 0 radical (unpaired) electrons. The van der Waals surface area contributed by atoms with Gasteiger partial charge >= 0.3 is 0 Å². The number of benzene rings is 1. The van der Waals surface area contributed by atoms with E-state index in [-0.39, 0.29) is 11.9 Å². The summed E-state index contributed by atoms with van der Waals surface area (Å²) in [6.07, 6.45) is 1.13. The second-order valence-electron chi connectivity index (χ2n) is 5.22. The van der Waals surface area contributed by atoms with E-state index in [4.69, 9.17) is 11.6 Å². The lowest BCUT2D eigenvalue weighted by atomic mass is 10.3. The molecule has 1 amide bonds. The molecule has 0 bridgehead atoms. The van der Waals surface area contributed by atoms with Crippen LogP contribution in [0.3, 0.4) is 0 Å². The highest BCUT2D eigenvalue weighted by Gasteiger charge is 2.12. The fraction of sp³-hybridized carbons (Fsp3) is 0.467. The third kappa shape index (κ3) is 4.20. The van der Waals surface area contributed by atoms with E-state index in [0.29, 0.717) is 25.3 Å². The Morgan fingerprint density at radius 2 is 2.24 bits per heavy atom. The van der Waals surface area contributed by atoms with Crippen LogP contribution in [-0.2, 0) is 17.8 Å². The van der Waals surface area contributed by atoms with Gasteiger partial charge in [0.1, 0.15) is 5.82 Å². The number of fused-ring (bicyclic) bond motifs is 1. The Labute approximate surface area is 138 Å². The first kappa shape index (κ1) is 16.3. The van der Waals surface area contributed by atoms with E-state index in [2.05, 4.69) is 30.8 Å². The third-order valence-corrected chi connectivity index (χ3v) is 3.80. The lowest BCUT2D eigenvalue weighted by molar-refractivity contribution is -0.121.